The minimum Gasteiger partial charge on any atom is -0.493 e. The van der Waals surface area contributed by atoms with Gasteiger partial charge in [0.05, 0.1) is 31.9 Å². The molecule has 6 nitrogen and oxygen atoms in total. The fourth-order valence-electron chi connectivity index (χ4n) is 3.75. The van der Waals surface area contributed by atoms with Crippen LogP contribution < -0.4 is 9.47 Å². The molecule has 144 valence electrons. The molecule has 1 N–H and O–H groups in total. The van der Waals surface area contributed by atoms with Crippen LogP contribution in [0.2, 0.25) is 0 Å². The second-order valence-electron chi connectivity index (χ2n) is 6.92. The molecule has 1 saturated heterocycles. The maximum atomic E-state index is 11.6. The number of aliphatic carboxylic acids is 1. The molecule has 1 aliphatic heterocycles. The summed E-state index contributed by atoms with van der Waals surface area (Å²) in [7, 11) is 3.24. The van der Waals surface area contributed by atoms with Crippen LogP contribution in [0.4, 0.5) is 0 Å². The molecule has 1 aliphatic rings. The first-order valence-electron chi connectivity index (χ1n) is 9.15. The molecule has 1 aromatic carbocycles. The van der Waals surface area contributed by atoms with Crippen LogP contribution in [0, 0.1) is 12.8 Å². The summed E-state index contributed by atoms with van der Waals surface area (Å²) in [5.41, 5.74) is 2.88. The summed E-state index contributed by atoms with van der Waals surface area (Å²) in [6, 6.07) is 9.62. The Labute approximate surface area is 159 Å². The lowest BCUT2D eigenvalue weighted by atomic mass is 9.92. The van der Waals surface area contributed by atoms with Gasteiger partial charge in [0.1, 0.15) is 0 Å². The van der Waals surface area contributed by atoms with E-state index in [1.807, 2.05) is 43.5 Å². The van der Waals surface area contributed by atoms with Crippen molar-refractivity contribution >= 4 is 5.97 Å². The smallest absolute Gasteiger partial charge is 0.307 e. The maximum absolute atomic E-state index is 11.6. The molecule has 27 heavy (non-hydrogen) atoms. The number of ether oxygens (including phenoxy) is 2. The van der Waals surface area contributed by atoms with E-state index in [1.54, 1.807) is 14.2 Å². The SMILES string of the molecule is COc1cccc(C(c2ccc(C)cn2)N2CCCC(C(=O)O)C2)c1OC. The molecular weight excluding hydrogens is 344 g/mol. The number of para-hydroxylation sites is 1. The Balaban J connectivity index is 2.08. The average molecular weight is 370 g/mol. The number of aromatic nitrogens is 1. The quantitative estimate of drug-likeness (QED) is 0.841. The van der Waals surface area contributed by atoms with Gasteiger partial charge in [0.2, 0.25) is 0 Å². The Morgan fingerprint density at radius 3 is 2.70 bits per heavy atom. The topological polar surface area (TPSA) is 71.9 Å². The third-order valence-electron chi connectivity index (χ3n) is 5.11. The minimum absolute atomic E-state index is 0.196. The number of likely N-dealkylation sites (tertiary alicyclic amines) is 1. The Morgan fingerprint density at radius 1 is 1.26 bits per heavy atom. The van der Waals surface area contributed by atoms with E-state index in [2.05, 4.69) is 9.88 Å². The van der Waals surface area contributed by atoms with E-state index >= 15 is 0 Å². The Kier molecular flexibility index (Phi) is 5.96. The number of benzene rings is 1. The van der Waals surface area contributed by atoms with Crippen molar-refractivity contribution in [3.63, 3.8) is 0 Å². The molecule has 2 atom stereocenters. The maximum Gasteiger partial charge on any atom is 0.307 e. The van der Waals surface area contributed by atoms with Gasteiger partial charge in [-0.05, 0) is 44.0 Å². The highest BCUT2D eigenvalue weighted by atomic mass is 16.5. The van der Waals surface area contributed by atoms with E-state index in [0.717, 1.165) is 29.8 Å². The highest BCUT2D eigenvalue weighted by Gasteiger charge is 2.33. The molecule has 0 aliphatic carbocycles. The summed E-state index contributed by atoms with van der Waals surface area (Å²) >= 11 is 0. The van der Waals surface area contributed by atoms with Crippen LogP contribution in [0.1, 0.15) is 35.7 Å². The molecule has 0 spiro atoms. The number of aryl methyl sites for hydroxylation is 1. The molecule has 2 unspecified atom stereocenters. The monoisotopic (exact) mass is 370 g/mol. The predicted octanol–water partition coefficient (Wildman–Crippen LogP) is 3.29. The highest BCUT2D eigenvalue weighted by molar-refractivity contribution is 5.70. The minimum atomic E-state index is -0.743. The molecule has 1 fully saturated rings. The largest absolute Gasteiger partial charge is 0.493 e. The Hall–Kier alpha value is -2.60. The lowest BCUT2D eigenvalue weighted by molar-refractivity contribution is -0.143. The van der Waals surface area contributed by atoms with Crippen LogP contribution in [0.3, 0.4) is 0 Å². The zero-order valence-corrected chi connectivity index (χ0v) is 16.0. The predicted molar refractivity (Wildman–Crippen MR) is 102 cm³/mol. The van der Waals surface area contributed by atoms with E-state index in [9.17, 15) is 9.90 Å². The molecule has 0 saturated carbocycles. The number of hydrogen-bond acceptors (Lipinski definition) is 5. The van der Waals surface area contributed by atoms with Crippen molar-refractivity contribution in [1.82, 2.24) is 9.88 Å². The fraction of sp³-hybridized carbons (Fsp3) is 0.429. The standard InChI is InChI=1S/C21H26N2O4/c1-14-9-10-17(22-12-14)19(23-11-5-6-15(13-23)21(24)25)16-7-4-8-18(26-2)20(16)27-3/h4,7-10,12,15,19H,5-6,11,13H2,1-3H3,(H,24,25). The van der Waals surface area contributed by atoms with Gasteiger partial charge in [-0.15, -0.1) is 0 Å². The van der Waals surface area contributed by atoms with Gasteiger partial charge in [0.25, 0.3) is 0 Å². The Morgan fingerprint density at radius 2 is 2.07 bits per heavy atom. The fourth-order valence-corrected chi connectivity index (χ4v) is 3.75. The van der Waals surface area contributed by atoms with E-state index in [-0.39, 0.29) is 12.0 Å². The lowest BCUT2D eigenvalue weighted by Gasteiger charge is -2.37. The first kappa shape index (κ1) is 19.2. The zero-order chi connectivity index (χ0) is 19.4. The van der Waals surface area contributed by atoms with E-state index < -0.39 is 5.97 Å². The number of carbonyl (C=O) groups is 1. The van der Waals surface area contributed by atoms with Crippen molar-refractivity contribution < 1.29 is 19.4 Å². The highest BCUT2D eigenvalue weighted by Crippen LogP contribution is 2.40. The zero-order valence-electron chi connectivity index (χ0n) is 16.0. The molecule has 0 radical (unpaired) electrons. The van der Waals surface area contributed by atoms with Gasteiger partial charge in [-0.2, -0.15) is 0 Å². The number of carboxylic acid groups (broad SMARTS) is 1. The molecule has 1 aromatic heterocycles. The van der Waals surface area contributed by atoms with Crippen LogP contribution >= 0.6 is 0 Å². The normalized spacial score (nSPS) is 18.7. The number of rotatable bonds is 6. The van der Waals surface area contributed by atoms with Gasteiger partial charge in [-0.25, -0.2) is 0 Å². The number of nitrogens with zero attached hydrogens (tertiary/aromatic N) is 2. The van der Waals surface area contributed by atoms with Crippen LogP contribution in [-0.4, -0.2) is 48.3 Å². The van der Waals surface area contributed by atoms with Crippen LogP contribution in [-0.2, 0) is 4.79 Å². The van der Waals surface area contributed by atoms with Crippen molar-refractivity contribution in [3.8, 4) is 11.5 Å². The van der Waals surface area contributed by atoms with Gasteiger partial charge >= 0.3 is 5.97 Å². The summed E-state index contributed by atoms with van der Waals surface area (Å²) in [5.74, 6) is 0.194. The first-order valence-corrected chi connectivity index (χ1v) is 9.15. The van der Waals surface area contributed by atoms with E-state index in [4.69, 9.17) is 9.47 Å². The summed E-state index contributed by atoms with van der Waals surface area (Å²) < 4.78 is 11.1. The van der Waals surface area contributed by atoms with Crippen LogP contribution in [0.25, 0.3) is 0 Å². The third kappa shape index (κ3) is 4.06. The summed E-state index contributed by atoms with van der Waals surface area (Å²) in [5, 5.41) is 9.51. The molecule has 3 rings (SSSR count). The van der Waals surface area contributed by atoms with Gasteiger partial charge < -0.3 is 14.6 Å². The van der Waals surface area contributed by atoms with Crippen molar-refractivity contribution in [2.45, 2.75) is 25.8 Å². The van der Waals surface area contributed by atoms with Gasteiger partial charge in [-0.1, -0.05) is 18.2 Å². The number of hydrogen-bond donors (Lipinski definition) is 1. The second kappa shape index (κ2) is 8.39. The second-order valence-corrected chi connectivity index (χ2v) is 6.92. The molecule has 6 heteroatoms. The number of methoxy groups -OCH3 is 2. The van der Waals surface area contributed by atoms with E-state index in [0.29, 0.717) is 24.5 Å². The van der Waals surface area contributed by atoms with Gasteiger partial charge in [0.15, 0.2) is 11.5 Å². The molecule has 2 aromatic rings. The van der Waals surface area contributed by atoms with Crippen LogP contribution in [0.15, 0.2) is 36.5 Å². The van der Waals surface area contributed by atoms with Crippen LogP contribution in [0.5, 0.6) is 11.5 Å². The third-order valence-corrected chi connectivity index (χ3v) is 5.11. The molecular formula is C21H26N2O4. The molecule has 0 bridgehead atoms. The number of pyridine rings is 1. The van der Waals surface area contributed by atoms with Crippen molar-refractivity contribution in [3.05, 3.63) is 53.3 Å². The molecule has 2 heterocycles. The van der Waals surface area contributed by atoms with Crippen molar-refractivity contribution in [1.29, 1.82) is 0 Å². The average Bonchev–Trinajstić information content (AvgIpc) is 2.69. The first-order chi connectivity index (χ1) is 13.0. The lowest BCUT2D eigenvalue weighted by Crippen LogP contribution is -2.41. The summed E-state index contributed by atoms with van der Waals surface area (Å²) in [6.07, 6.45) is 3.38. The van der Waals surface area contributed by atoms with Crippen molar-refractivity contribution in [2.75, 3.05) is 27.3 Å². The van der Waals surface area contributed by atoms with Gasteiger partial charge in [0, 0.05) is 18.3 Å². The summed E-state index contributed by atoms with van der Waals surface area (Å²) in [4.78, 5) is 18.4. The number of piperidine rings is 1. The summed E-state index contributed by atoms with van der Waals surface area (Å²) in [6.45, 7) is 3.29. The Bertz CT molecular complexity index is 791. The van der Waals surface area contributed by atoms with E-state index in [1.165, 1.54) is 0 Å². The van der Waals surface area contributed by atoms with Gasteiger partial charge in [-0.3, -0.25) is 14.7 Å². The van der Waals surface area contributed by atoms with Crippen molar-refractivity contribution in [2.24, 2.45) is 5.92 Å². The molecule has 0 amide bonds. The number of carboxylic acids is 1.